The van der Waals surface area contributed by atoms with Crippen LogP contribution in [0.1, 0.15) is 37.7 Å². The molecular weight excluding hydrogens is 437 g/mol. The van der Waals surface area contributed by atoms with Crippen molar-refractivity contribution >= 4 is 58.8 Å². The lowest BCUT2D eigenvalue weighted by atomic mass is 9.97. The van der Waals surface area contributed by atoms with Crippen LogP contribution in [0.15, 0.2) is 54.6 Å². The first kappa shape index (κ1) is 28.9. The zero-order chi connectivity index (χ0) is 18.7. The largest absolute Gasteiger partial charge is 0.330 e. The smallest absolute Gasteiger partial charge is 0.0217 e. The molecule has 0 aliphatic rings. The van der Waals surface area contributed by atoms with Crippen LogP contribution in [0.2, 0.25) is 0 Å². The highest BCUT2D eigenvalue weighted by atomic mass is 35.5. The zero-order valence-corrected chi connectivity index (χ0v) is 20.0. The van der Waals surface area contributed by atoms with E-state index in [0.29, 0.717) is 0 Å². The summed E-state index contributed by atoms with van der Waals surface area (Å²) in [5.41, 5.74) is 6.93. The molecule has 4 N–H and O–H groups in total. The van der Waals surface area contributed by atoms with Crippen LogP contribution >= 0.6 is 37.2 Å². The van der Waals surface area contributed by atoms with Gasteiger partial charge in [-0.25, -0.2) is 0 Å². The fourth-order valence-corrected chi connectivity index (χ4v) is 3.71. The van der Waals surface area contributed by atoms with Gasteiger partial charge in [0.2, 0.25) is 0 Å². The van der Waals surface area contributed by atoms with Gasteiger partial charge in [-0.3, -0.25) is 0 Å². The van der Waals surface area contributed by atoms with Crippen LogP contribution in [0.3, 0.4) is 0 Å². The predicted octanol–water partition coefficient (Wildman–Crippen LogP) is 5.85. The Bertz CT molecular complexity index is 788. The van der Waals surface area contributed by atoms with Crippen LogP contribution in [0.5, 0.6) is 0 Å². The Kier molecular flexibility index (Phi) is 16.0. The number of halogens is 3. The third-order valence-corrected chi connectivity index (χ3v) is 5.20. The molecule has 0 aliphatic carbocycles. The van der Waals surface area contributed by atoms with Gasteiger partial charge in [0.1, 0.15) is 0 Å². The maximum atomic E-state index is 5.51. The summed E-state index contributed by atoms with van der Waals surface area (Å²) in [6.45, 7) is 5.03. The molecule has 0 atom stereocenters. The molecule has 168 valence electrons. The van der Waals surface area contributed by atoms with Crippen molar-refractivity contribution in [3.63, 3.8) is 0 Å². The molecule has 0 amide bonds. The Balaban J connectivity index is 0.00000280. The number of unbranched alkanes of at least 4 members (excludes halogenated alkanes) is 3. The van der Waals surface area contributed by atoms with E-state index in [9.17, 15) is 0 Å². The fourth-order valence-electron chi connectivity index (χ4n) is 3.71. The van der Waals surface area contributed by atoms with Crippen LogP contribution in [-0.4, -0.2) is 26.2 Å². The summed E-state index contributed by atoms with van der Waals surface area (Å²) in [4.78, 5) is 0. The highest BCUT2D eigenvalue weighted by Gasteiger charge is 2.06. The van der Waals surface area contributed by atoms with E-state index in [1.807, 2.05) is 0 Å². The predicted molar refractivity (Wildman–Crippen MR) is 140 cm³/mol. The molecule has 0 saturated carbocycles. The van der Waals surface area contributed by atoms with Crippen LogP contribution in [0, 0.1) is 0 Å². The monoisotopic (exact) mass is 471 g/mol. The summed E-state index contributed by atoms with van der Waals surface area (Å²) in [5.74, 6) is 0. The van der Waals surface area contributed by atoms with Crippen molar-refractivity contribution < 1.29 is 0 Å². The van der Waals surface area contributed by atoms with Crippen molar-refractivity contribution in [3.05, 3.63) is 60.2 Å². The summed E-state index contributed by atoms with van der Waals surface area (Å²) >= 11 is 0. The molecule has 0 heterocycles. The highest BCUT2D eigenvalue weighted by molar-refractivity contribution is 6.02. The standard InChI is InChI=1S/C24H33N3.3ClH/c25-14-6-9-16-26-15-7-1-8-17-27-19-24-22-12-4-2-10-20(22)18-21-11-3-5-13-23(21)24;;;/h2-5,10-13,18,26-27H,1,6-9,14-17,19,25H2;3*1H. The Morgan fingerprint density at radius 3 is 1.67 bits per heavy atom. The molecule has 0 spiro atoms. The zero-order valence-electron chi connectivity index (χ0n) is 17.6. The molecule has 3 aromatic carbocycles. The van der Waals surface area contributed by atoms with E-state index < -0.39 is 0 Å². The molecule has 0 bridgehead atoms. The fraction of sp³-hybridized carbons (Fsp3) is 0.417. The van der Waals surface area contributed by atoms with Crippen LogP contribution in [0.4, 0.5) is 0 Å². The number of nitrogens with one attached hydrogen (secondary N) is 2. The molecule has 6 heteroatoms. The first-order chi connectivity index (χ1) is 13.4. The number of fused-ring (bicyclic) bond motifs is 2. The lowest BCUT2D eigenvalue weighted by Crippen LogP contribution is -2.18. The minimum atomic E-state index is 0. The van der Waals surface area contributed by atoms with Gasteiger partial charge in [-0.05, 0) is 85.0 Å². The topological polar surface area (TPSA) is 50.1 Å². The highest BCUT2D eigenvalue weighted by Crippen LogP contribution is 2.28. The van der Waals surface area contributed by atoms with E-state index in [4.69, 9.17) is 5.73 Å². The van der Waals surface area contributed by atoms with Crippen molar-refractivity contribution in [1.29, 1.82) is 0 Å². The molecule has 3 nitrogen and oxygen atoms in total. The molecule has 0 aromatic heterocycles. The number of hydrogen-bond acceptors (Lipinski definition) is 3. The second-order valence-electron chi connectivity index (χ2n) is 7.28. The van der Waals surface area contributed by atoms with E-state index in [0.717, 1.165) is 39.1 Å². The van der Waals surface area contributed by atoms with E-state index in [2.05, 4.69) is 65.2 Å². The van der Waals surface area contributed by atoms with E-state index in [1.54, 1.807) is 0 Å². The van der Waals surface area contributed by atoms with Gasteiger partial charge in [0.15, 0.2) is 0 Å². The molecule has 3 rings (SSSR count). The van der Waals surface area contributed by atoms with E-state index in [1.165, 1.54) is 52.8 Å². The summed E-state index contributed by atoms with van der Waals surface area (Å²) < 4.78 is 0. The summed E-state index contributed by atoms with van der Waals surface area (Å²) in [6.07, 6.45) is 6.07. The van der Waals surface area contributed by atoms with Crippen LogP contribution < -0.4 is 16.4 Å². The minimum Gasteiger partial charge on any atom is -0.330 e. The van der Waals surface area contributed by atoms with Gasteiger partial charge in [0.05, 0.1) is 0 Å². The first-order valence-corrected chi connectivity index (χ1v) is 10.4. The van der Waals surface area contributed by atoms with Crippen LogP contribution in [0.25, 0.3) is 21.5 Å². The summed E-state index contributed by atoms with van der Waals surface area (Å²) in [5, 5.41) is 12.6. The quantitative estimate of drug-likeness (QED) is 0.229. The van der Waals surface area contributed by atoms with Crippen molar-refractivity contribution in [3.8, 4) is 0 Å². The molecule has 0 fully saturated rings. The average Bonchev–Trinajstić information content (AvgIpc) is 2.71. The van der Waals surface area contributed by atoms with Gasteiger partial charge < -0.3 is 16.4 Å². The van der Waals surface area contributed by atoms with Gasteiger partial charge in [-0.15, -0.1) is 37.2 Å². The number of hydrogen-bond donors (Lipinski definition) is 3. The second kappa shape index (κ2) is 16.6. The van der Waals surface area contributed by atoms with E-state index >= 15 is 0 Å². The second-order valence-corrected chi connectivity index (χ2v) is 7.28. The average molecular weight is 473 g/mol. The Hall–Kier alpha value is -1.07. The van der Waals surface area contributed by atoms with Crippen molar-refractivity contribution in [2.24, 2.45) is 5.73 Å². The maximum absolute atomic E-state index is 5.51. The van der Waals surface area contributed by atoms with Crippen molar-refractivity contribution in [2.75, 3.05) is 26.2 Å². The Morgan fingerprint density at radius 1 is 0.600 bits per heavy atom. The normalized spacial score (nSPS) is 10.3. The van der Waals surface area contributed by atoms with Gasteiger partial charge >= 0.3 is 0 Å². The first-order valence-electron chi connectivity index (χ1n) is 10.4. The van der Waals surface area contributed by atoms with Gasteiger partial charge in [-0.1, -0.05) is 55.0 Å². The minimum absolute atomic E-state index is 0. The molecule has 0 saturated heterocycles. The third kappa shape index (κ3) is 8.58. The lowest BCUT2D eigenvalue weighted by Gasteiger charge is -2.12. The van der Waals surface area contributed by atoms with Crippen LogP contribution in [-0.2, 0) is 6.54 Å². The lowest BCUT2D eigenvalue weighted by molar-refractivity contribution is 0.561. The maximum Gasteiger partial charge on any atom is 0.0217 e. The van der Waals surface area contributed by atoms with E-state index in [-0.39, 0.29) is 37.2 Å². The SMILES string of the molecule is Cl.Cl.Cl.NCCCCNCCCCCNCc1c2ccccc2cc2ccccc12. The molecule has 30 heavy (non-hydrogen) atoms. The summed E-state index contributed by atoms with van der Waals surface area (Å²) in [6, 6.07) is 19.7. The molecular formula is C24H36Cl3N3. The number of nitrogens with two attached hydrogens (primary N) is 1. The Morgan fingerprint density at radius 2 is 1.10 bits per heavy atom. The van der Waals surface area contributed by atoms with Crippen molar-refractivity contribution in [2.45, 2.75) is 38.6 Å². The third-order valence-electron chi connectivity index (χ3n) is 5.20. The molecule has 3 aromatic rings. The number of rotatable bonds is 12. The Labute approximate surface area is 199 Å². The van der Waals surface area contributed by atoms with Gasteiger partial charge in [0.25, 0.3) is 0 Å². The van der Waals surface area contributed by atoms with Gasteiger partial charge in [-0.2, -0.15) is 0 Å². The molecule has 0 radical (unpaired) electrons. The summed E-state index contributed by atoms with van der Waals surface area (Å²) in [7, 11) is 0. The van der Waals surface area contributed by atoms with Crippen molar-refractivity contribution in [1.82, 2.24) is 10.6 Å². The molecule has 0 unspecified atom stereocenters. The molecule has 0 aliphatic heterocycles. The van der Waals surface area contributed by atoms with Gasteiger partial charge in [0, 0.05) is 6.54 Å². The number of benzene rings is 3.